The van der Waals surface area contributed by atoms with E-state index in [0.29, 0.717) is 16.6 Å². The van der Waals surface area contributed by atoms with Crippen molar-refractivity contribution in [3.05, 3.63) is 0 Å². The summed E-state index contributed by atoms with van der Waals surface area (Å²) in [4.78, 5) is 0. The molecule has 0 N–H and O–H groups in total. The summed E-state index contributed by atoms with van der Waals surface area (Å²) in [5.41, 5.74) is 9.56. The van der Waals surface area contributed by atoms with E-state index >= 15 is 0 Å². The van der Waals surface area contributed by atoms with E-state index in [9.17, 15) is 0 Å². The van der Waals surface area contributed by atoms with Gasteiger partial charge in [0.05, 0.1) is 0 Å². The molecule has 0 aromatic carbocycles. The molecule has 0 aliphatic carbocycles. The molecule has 0 radical (unpaired) electrons. The van der Waals surface area contributed by atoms with Gasteiger partial charge in [-0.2, -0.15) is 0 Å². The van der Waals surface area contributed by atoms with Gasteiger partial charge in [-0.3, -0.25) is 0 Å². The molecule has 0 unspecified atom stereocenters. The lowest BCUT2D eigenvalue weighted by Crippen LogP contribution is -2.43. The highest BCUT2D eigenvalue weighted by molar-refractivity contribution is 8.17. The minimum absolute atomic E-state index is 0.710. The van der Waals surface area contributed by atoms with Crippen LogP contribution in [0.4, 0.5) is 0 Å². The van der Waals surface area contributed by atoms with Gasteiger partial charge in [-0.25, -0.2) is 0 Å². The van der Waals surface area contributed by atoms with Gasteiger partial charge < -0.3 is 0 Å². The monoisotopic (exact) mass is 302 g/mol. The van der Waals surface area contributed by atoms with Gasteiger partial charge in [0, 0.05) is 6.04 Å². The maximum Gasteiger partial charge on any atom is 0.146 e. The molecule has 0 heterocycles. The molecule has 106 valence electrons. The van der Waals surface area contributed by atoms with Crippen molar-refractivity contribution in [3.63, 3.8) is 0 Å². The first-order chi connectivity index (χ1) is 8.16. The molecular weight excluding hydrogens is 271 g/mol. The van der Waals surface area contributed by atoms with E-state index in [0.717, 1.165) is 12.3 Å². The molecule has 0 rings (SSSR count). The lowest BCUT2D eigenvalue weighted by Gasteiger charge is -2.38. The Hall–Kier alpha value is 0.427. The molecule has 18 heavy (non-hydrogen) atoms. The van der Waals surface area contributed by atoms with Gasteiger partial charge in [0.25, 0.3) is 0 Å². The van der Waals surface area contributed by atoms with E-state index in [-0.39, 0.29) is 0 Å². The highest BCUT2D eigenvalue weighted by Crippen LogP contribution is 2.46. The van der Waals surface area contributed by atoms with Gasteiger partial charge in [0.2, 0.25) is 0 Å². The van der Waals surface area contributed by atoms with Crippen LogP contribution >= 0.6 is 6.04 Å². The molecular formula is C15H31PSSi. The summed E-state index contributed by atoms with van der Waals surface area (Å²) in [6.07, 6.45) is 2.18. The molecule has 0 saturated heterocycles. The van der Waals surface area contributed by atoms with Gasteiger partial charge in [-0.05, 0) is 28.9 Å². The summed E-state index contributed by atoms with van der Waals surface area (Å²) >= 11 is 5.79. The normalized spacial score (nSPS) is 13.1. The fraction of sp³-hybridized carbons (Fsp3) is 0.867. The van der Waals surface area contributed by atoms with E-state index < -0.39 is 14.1 Å². The first-order valence-electron chi connectivity index (χ1n) is 7.28. The van der Waals surface area contributed by atoms with Crippen LogP contribution in [0, 0.1) is 11.2 Å². The largest absolute Gasteiger partial charge is 0.146 e. The molecule has 0 aromatic rings. The van der Waals surface area contributed by atoms with Crippen molar-refractivity contribution in [2.45, 2.75) is 72.0 Å². The van der Waals surface area contributed by atoms with E-state index in [1.165, 1.54) is 0 Å². The third-order valence-electron chi connectivity index (χ3n) is 4.36. The zero-order valence-electron chi connectivity index (χ0n) is 13.5. The maximum absolute atomic E-state index is 5.79. The summed E-state index contributed by atoms with van der Waals surface area (Å²) in [5.74, 6) is 0. The molecule has 3 heteroatoms. The Morgan fingerprint density at radius 1 is 0.889 bits per heavy atom. The Kier molecular flexibility index (Phi) is 7.45. The molecule has 0 aliphatic heterocycles. The molecule has 0 atom stereocenters. The minimum Gasteiger partial charge on any atom is -0.125 e. The van der Waals surface area contributed by atoms with Crippen molar-refractivity contribution in [2.75, 3.05) is 12.3 Å². The van der Waals surface area contributed by atoms with Crippen molar-refractivity contribution in [1.29, 1.82) is 0 Å². The first kappa shape index (κ1) is 18.4. The van der Waals surface area contributed by atoms with Gasteiger partial charge in [-0.15, -0.1) is 5.54 Å². The second-order valence-corrected chi connectivity index (χ2v) is 17.1. The van der Waals surface area contributed by atoms with Gasteiger partial charge in [0.15, 0.2) is 0 Å². The SMILES string of the molecule is CCP(=S)(C#C[Si](C(C)C)(C(C)C)C(C)C)CC. The van der Waals surface area contributed by atoms with Crippen molar-refractivity contribution >= 4 is 25.9 Å². The second kappa shape index (κ2) is 7.27. The van der Waals surface area contributed by atoms with Crippen LogP contribution in [0.1, 0.15) is 55.4 Å². The van der Waals surface area contributed by atoms with Crippen LogP contribution in [0.25, 0.3) is 0 Å². The zero-order chi connectivity index (χ0) is 14.6. The smallest absolute Gasteiger partial charge is 0.125 e. The Morgan fingerprint density at radius 2 is 1.22 bits per heavy atom. The predicted molar refractivity (Wildman–Crippen MR) is 94.2 cm³/mol. The lowest BCUT2D eigenvalue weighted by atomic mass is 10.5. The molecule has 0 saturated carbocycles. The van der Waals surface area contributed by atoms with Gasteiger partial charge in [-0.1, -0.05) is 72.9 Å². The molecule has 0 bridgehead atoms. The number of hydrogen-bond acceptors (Lipinski definition) is 1. The summed E-state index contributed by atoms with van der Waals surface area (Å²) in [5, 5.41) is 0. The third-order valence-corrected chi connectivity index (χ3v) is 15.2. The predicted octanol–water partition coefficient (Wildman–Crippen LogP) is 5.68. The van der Waals surface area contributed by atoms with Crippen molar-refractivity contribution in [1.82, 2.24) is 0 Å². The minimum atomic E-state index is -1.57. The van der Waals surface area contributed by atoms with Crippen LogP contribution in [0.3, 0.4) is 0 Å². The average molecular weight is 303 g/mol. The lowest BCUT2D eigenvalue weighted by molar-refractivity contribution is 0.838. The summed E-state index contributed by atoms with van der Waals surface area (Å²) < 4.78 is 0. The quantitative estimate of drug-likeness (QED) is 0.357. The van der Waals surface area contributed by atoms with E-state index in [1.807, 2.05) is 0 Å². The fourth-order valence-electron chi connectivity index (χ4n) is 3.01. The molecule has 0 spiro atoms. The standard InChI is InChI=1S/C15H31PSSi/c1-9-16(17,10-2)11-12-18(13(3)4,14(5)6)15(7)8/h13-15H,9-10H2,1-8H3. The van der Waals surface area contributed by atoms with Gasteiger partial charge >= 0.3 is 0 Å². The summed E-state index contributed by atoms with van der Waals surface area (Å²) in [6, 6.07) is -1.39. The van der Waals surface area contributed by atoms with Crippen LogP contribution in [0.5, 0.6) is 0 Å². The average Bonchev–Trinajstić information content (AvgIpc) is 2.28. The van der Waals surface area contributed by atoms with Crippen LogP contribution in [0.2, 0.25) is 16.6 Å². The number of hydrogen-bond donors (Lipinski definition) is 0. The highest BCUT2D eigenvalue weighted by atomic mass is 32.4. The maximum atomic E-state index is 5.79. The van der Waals surface area contributed by atoms with E-state index in [1.54, 1.807) is 0 Å². The van der Waals surface area contributed by atoms with E-state index in [4.69, 9.17) is 11.8 Å². The Balaban J connectivity index is 5.66. The van der Waals surface area contributed by atoms with Crippen molar-refractivity contribution in [2.24, 2.45) is 0 Å². The molecule has 0 nitrogen and oxygen atoms in total. The van der Waals surface area contributed by atoms with Crippen LogP contribution < -0.4 is 0 Å². The van der Waals surface area contributed by atoms with Crippen LogP contribution in [-0.2, 0) is 11.8 Å². The zero-order valence-corrected chi connectivity index (χ0v) is 16.2. The van der Waals surface area contributed by atoms with Crippen molar-refractivity contribution in [3.8, 4) is 11.2 Å². The third kappa shape index (κ3) is 3.96. The summed E-state index contributed by atoms with van der Waals surface area (Å²) in [7, 11) is -1.57. The molecule has 0 fully saturated rings. The molecule has 0 amide bonds. The molecule has 0 aromatic heterocycles. The van der Waals surface area contributed by atoms with Gasteiger partial charge in [0.1, 0.15) is 8.07 Å². The fourth-order valence-corrected chi connectivity index (χ4v) is 10.6. The Bertz CT molecular complexity index is 331. The first-order valence-corrected chi connectivity index (χ1v) is 12.7. The van der Waals surface area contributed by atoms with Crippen LogP contribution in [-0.4, -0.2) is 20.4 Å². The Morgan fingerprint density at radius 3 is 1.44 bits per heavy atom. The van der Waals surface area contributed by atoms with Crippen molar-refractivity contribution < 1.29 is 0 Å². The topological polar surface area (TPSA) is 0 Å². The summed E-state index contributed by atoms with van der Waals surface area (Å²) in [6.45, 7) is 18.6. The second-order valence-electron chi connectivity index (χ2n) is 6.16. The number of rotatable bonds is 5. The highest BCUT2D eigenvalue weighted by Gasteiger charge is 2.41. The van der Waals surface area contributed by atoms with Crippen LogP contribution in [0.15, 0.2) is 0 Å². The molecule has 0 aliphatic rings. The van der Waals surface area contributed by atoms with E-state index in [2.05, 4.69) is 66.6 Å². The Labute approximate surface area is 121 Å².